The Labute approximate surface area is 123 Å². The molecule has 0 bridgehead atoms. The second-order valence-corrected chi connectivity index (χ2v) is 5.53. The predicted octanol–water partition coefficient (Wildman–Crippen LogP) is 2.47. The van der Waals surface area contributed by atoms with Crippen molar-refractivity contribution in [1.82, 2.24) is 10.2 Å². The highest BCUT2D eigenvalue weighted by Gasteiger charge is 2.32. The third-order valence-corrected chi connectivity index (χ3v) is 3.94. The largest absolute Gasteiger partial charge is 0.374 e. The molecule has 0 spiro atoms. The van der Waals surface area contributed by atoms with Crippen LogP contribution in [0.1, 0.15) is 25.5 Å². The number of hydrogen-bond donors (Lipinski definition) is 1. The number of nitrogens with zero attached hydrogens (tertiary/aromatic N) is 1. The first kappa shape index (κ1) is 16.3. The zero-order valence-corrected chi connectivity index (χ0v) is 12.5. The predicted molar refractivity (Wildman–Crippen MR) is 74.6 cm³/mol. The first-order valence-electron chi connectivity index (χ1n) is 7.12. The average Bonchev–Trinajstić information content (AvgIpc) is 2.48. The van der Waals surface area contributed by atoms with Gasteiger partial charge in [-0.25, -0.2) is 13.2 Å². The van der Waals surface area contributed by atoms with Gasteiger partial charge in [0.1, 0.15) is 0 Å². The topological polar surface area (TPSA) is 24.5 Å². The van der Waals surface area contributed by atoms with Crippen LogP contribution in [-0.4, -0.2) is 43.8 Å². The normalized spacial score (nSPS) is 21.8. The molecule has 3 nitrogen and oxygen atoms in total. The summed E-state index contributed by atoms with van der Waals surface area (Å²) in [4.78, 5) is 2.22. The molecule has 0 saturated carbocycles. The van der Waals surface area contributed by atoms with Crippen LogP contribution < -0.4 is 5.32 Å². The van der Waals surface area contributed by atoms with E-state index < -0.39 is 23.5 Å². The molecule has 1 aliphatic heterocycles. The number of morpholine rings is 1. The van der Waals surface area contributed by atoms with Crippen LogP contribution in [0.2, 0.25) is 0 Å². The Hall–Kier alpha value is -1.11. The summed E-state index contributed by atoms with van der Waals surface area (Å²) in [7, 11) is 1.66. The minimum Gasteiger partial charge on any atom is -0.374 e. The van der Waals surface area contributed by atoms with Crippen molar-refractivity contribution in [1.29, 1.82) is 0 Å². The molecule has 21 heavy (non-hydrogen) atoms. The number of halogens is 3. The Morgan fingerprint density at radius 1 is 1.24 bits per heavy atom. The fourth-order valence-electron chi connectivity index (χ4n) is 2.69. The van der Waals surface area contributed by atoms with E-state index in [1.54, 1.807) is 7.05 Å². The molecule has 2 rings (SSSR count). The molecular formula is C15H21F3N2O. The van der Waals surface area contributed by atoms with E-state index in [0.717, 1.165) is 12.6 Å². The molecule has 1 saturated heterocycles. The number of ether oxygens (including phenoxy) is 1. The van der Waals surface area contributed by atoms with Crippen molar-refractivity contribution in [2.24, 2.45) is 0 Å². The summed E-state index contributed by atoms with van der Waals surface area (Å²) in [5, 5.41) is 2.95. The summed E-state index contributed by atoms with van der Waals surface area (Å²) in [6.45, 7) is 6.11. The highest BCUT2D eigenvalue weighted by atomic mass is 19.2. The summed E-state index contributed by atoms with van der Waals surface area (Å²) >= 11 is 0. The number of hydrogen-bond acceptors (Lipinski definition) is 3. The maximum atomic E-state index is 14.0. The first-order chi connectivity index (χ1) is 9.95. The molecule has 1 aromatic carbocycles. The van der Waals surface area contributed by atoms with Crippen molar-refractivity contribution < 1.29 is 17.9 Å². The zero-order chi connectivity index (χ0) is 15.6. The number of nitrogens with one attached hydrogen (secondary N) is 1. The Balaban J connectivity index is 2.25. The Morgan fingerprint density at radius 2 is 1.95 bits per heavy atom. The van der Waals surface area contributed by atoms with Crippen molar-refractivity contribution in [3.63, 3.8) is 0 Å². The minimum absolute atomic E-state index is 0.0898. The quantitative estimate of drug-likeness (QED) is 0.865. The van der Waals surface area contributed by atoms with E-state index in [2.05, 4.69) is 24.1 Å². The molecule has 1 aliphatic rings. The van der Waals surface area contributed by atoms with Crippen molar-refractivity contribution >= 4 is 0 Å². The van der Waals surface area contributed by atoms with E-state index >= 15 is 0 Å². The fraction of sp³-hybridized carbons (Fsp3) is 0.600. The van der Waals surface area contributed by atoms with Crippen LogP contribution in [0.15, 0.2) is 12.1 Å². The van der Waals surface area contributed by atoms with Gasteiger partial charge >= 0.3 is 0 Å². The average molecular weight is 302 g/mol. The van der Waals surface area contributed by atoms with Crippen molar-refractivity contribution in [2.75, 3.05) is 26.7 Å². The van der Waals surface area contributed by atoms with E-state index in [9.17, 15) is 13.2 Å². The van der Waals surface area contributed by atoms with Crippen LogP contribution in [0, 0.1) is 17.5 Å². The standard InChI is InChI=1S/C15H21F3N2O/c1-9(2)20-6-7-21-12(8-20)15(19-3)10-4-5-11(16)14(18)13(10)17/h4-5,9,12,15,19H,6-8H2,1-3H3. The smallest absolute Gasteiger partial charge is 0.194 e. The van der Waals surface area contributed by atoms with Crippen LogP contribution in [0.3, 0.4) is 0 Å². The maximum Gasteiger partial charge on any atom is 0.194 e. The fourth-order valence-corrected chi connectivity index (χ4v) is 2.69. The van der Waals surface area contributed by atoms with Crippen molar-refractivity contribution in [3.05, 3.63) is 35.1 Å². The van der Waals surface area contributed by atoms with E-state index in [-0.39, 0.29) is 11.7 Å². The number of benzene rings is 1. The maximum absolute atomic E-state index is 14.0. The van der Waals surface area contributed by atoms with Crippen molar-refractivity contribution in [3.8, 4) is 0 Å². The summed E-state index contributed by atoms with van der Waals surface area (Å²) < 4.78 is 46.2. The van der Waals surface area contributed by atoms with Gasteiger partial charge in [0.2, 0.25) is 0 Å². The molecule has 1 aromatic rings. The van der Waals surface area contributed by atoms with Gasteiger partial charge < -0.3 is 10.1 Å². The highest BCUT2D eigenvalue weighted by molar-refractivity contribution is 5.25. The molecule has 1 heterocycles. The SMILES string of the molecule is CNC(c1ccc(F)c(F)c1F)C1CN(C(C)C)CCO1. The number of rotatable bonds is 4. The van der Waals surface area contributed by atoms with Gasteiger partial charge in [-0.3, -0.25) is 4.90 Å². The third kappa shape index (κ3) is 3.39. The lowest BCUT2D eigenvalue weighted by atomic mass is 9.98. The molecular weight excluding hydrogens is 281 g/mol. The second kappa shape index (κ2) is 6.77. The van der Waals surface area contributed by atoms with Crippen LogP contribution >= 0.6 is 0 Å². The van der Waals surface area contributed by atoms with Gasteiger partial charge in [-0.15, -0.1) is 0 Å². The lowest BCUT2D eigenvalue weighted by Gasteiger charge is -2.39. The van der Waals surface area contributed by atoms with E-state index in [0.29, 0.717) is 19.2 Å². The molecule has 0 radical (unpaired) electrons. The van der Waals surface area contributed by atoms with E-state index in [1.165, 1.54) is 6.07 Å². The minimum atomic E-state index is -1.44. The van der Waals surface area contributed by atoms with Crippen LogP contribution in [-0.2, 0) is 4.74 Å². The van der Waals surface area contributed by atoms with Crippen LogP contribution in [0.5, 0.6) is 0 Å². The summed E-state index contributed by atoms with van der Waals surface area (Å²) in [6.07, 6.45) is -0.314. The molecule has 0 aliphatic carbocycles. The number of likely N-dealkylation sites (N-methyl/N-ethyl adjacent to an activating group) is 1. The van der Waals surface area contributed by atoms with E-state index in [1.807, 2.05) is 0 Å². The van der Waals surface area contributed by atoms with Gasteiger partial charge in [0.05, 0.1) is 18.8 Å². The lowest BCUT2D eigenvalue weighted by Crippen LogP contribution is -2.50. The summed E-state index contributed by atoms with van der Waals surface area (Å²) in [5.41, 5.74) is 0.0898. The van der Waals surface area contributed by atoms with Gasteiger partial charge in [-0.1, -0.05) is 6.07 Å². The molecule has 118 valence electrons. The molecule has 1 N–H and O–H groups in total. The zero-order valence-electron chi connectivity index (χ0n) is 12.5. The van der Waals surface area contributed by atoms with Gasteiger partial charge in [0, 0.05) is 24.7 Å². The summed E-state index contributed by atoms with van der Waals surface area (Å²) in [6, 6.07) is 2.04. The van der Waals surface area contributed by atoms with E-state index in [4.69, 9.17) is 4.74 Å². The molecule has 2 unspecified atom stereocenters. The van der Waals surface area contributed by atoms with Crippen LogP contribution in [0.25, 0.3) is 0 Å². The third-order valence-electron chi connectivity index (χ3n) is 3.94. The lowest BCUT2D eigenvalue weighted by molar-refractivity contribution is -0.0555. The van der Waals surface area contributed by atoms with Gasteiger partial charge in [-0.05, 0) is 27.0 Å². The molecule has 2 atom stereocenters. The second-order valence-electron chi connectivity index (χ2n) is 5.53. The van der Waals surface area contributed by atoms with Gasteiger partial charge in [0.15, 0.2) is 17.5 Å². The molecule has 0 aromatic heterocycles. The Morgan fingerprint density at radius 3 is 2.57 bits per heavy atom. The Kier molecular flexibility index (Phi) is 5.24. The van der Waals surface area contributed by atoms with Gasteiger partial charge in [0.25, 0.3) is 0 Å². The molecule has 6 heteroatoms. The summed E-state index contributed by atoms with van der Waals surface area (Å²) in [5.74, 6) is -3.77. The monoisotopic (exact) mass is 302 g/mol. The molecule has 0 amide bonds. The van der Waals surface area contributed by atoms with Crippen LogP contribution in [0.4, 0.5) is 13.2 Å². The Bertz CT molecular complexity index is 496. The highest BCUT2D eigenvalue weighted by Crippen LogP contribution is 2.27. The first-order valence-corrected chi connectivity index (χ1v) is 7.12. The van der Waals surface area contributed by atoms with Crippen molar-refractivity contribution in [2.45, 2.75) is 32.0 Å². The van der Waals surface area contributed by atoms with Gasteiger partial charge in [-0.2, -0.15) is 0 Å². The molecule has 1 fully saturated rings.